The van der Waals surface area contributed by atoms with Crippen LogP contribution in [0.5, 0.6) is 5.75 Å². The van der Waals surface area contributed by atoms with Crippen molar-refractivity contribution in [2.75, 3.05) is 6.61 Å². The Morgan fingerprint density at radius 1 is 1.00 bits per heavy atom. The predicted molar refractivity (Wildman–Crippen MR) is 83.5 cm³/mol. The predicted octanol–water partition coefficient (Wildman–Crippen LogP) is 2.70. The maximum absolute atomic E-state index is 12.1. The number of hydrogen-bond donors (Lipinski definition) is 1. The summed E-state index contributed by atoms with van der Waals surface area (Å²) in [6.07, 6.45) is 0. The Kier molecular flexibility index (Phi) is 5.36. The first-order valence-electron chi connectivity index (χ1n) is 6.82. The van der Waals surface area contributed by atoms with E-state index in [0.29, 0.717) is 12.4 Å². The Hall–Kier alpha value is -1.85. The van der Waals surface area contributed by atoms with Gasteiger partial charge in [-0.05, 0) is 18.6 Å². The molecule has 0 fully saturated rings. The van der Waals surface area contributed by atoms with Crippen molar-refractivity contribution < 1.29 is 13.2 Å². The molecule has 0 amide bonds. The topological polar surface area (TPSA) is 55.4 Å². The Balaban J connectivity index is 2.02. The summed E-state index contributed by atoms with van der Waals surface area (Å²) in [6, 6.07) is 16.5. The molecule has 0 saturated carbocycles. The van der Waals surface area contributed by atoms with Gasteiger partial charge in [0.1, 0.15) is 5.75 Å². The van der Waals surface area contributed by atoms with Crippen LogP contribution in [0.15, 0.2) is 54.6 Å². The SMILES string of the molecule is CCOc1ccccc1CNS(=O)(=O)Cc1ccccc1. The number of ether oxygens (including phenoxy) is 1. The van der Waals surface area contributed by atoms with E-state index in [1.54, 1.807) is 12.1 Å². The van der Waals surface area contributed by atoms with Crippen molar-refractivity contribution in [3.05, 3.63) is 65.7 Å². The van der Waals surface area contributed by atoms with E-state index in [1.807, 2.05) is 49.4 Å². The maximum Gasteiger partial charge on any atom is 0.216 e. The van der Waals surface area contributed by atoms with Crippen molar-refractivity contribution in [2.45, 2.75) is 19.2 Å². The Morgan fingerprint density at radius 3 is 2.38 bits per heavy atom. The molecular weight excluding hydrogens is 286 g/mol. The van der Waals surface area contributed by atoms with E-state index >= 15 is 0 Å². The van der Waals surface area contributed by atoms with E-state index in [4.69, 9.17) is 4.74 Å². The third-order valence-corrected chi connectivity index (χ3v) is 4.25. The van der Waals surface area contributed by atoms with Crippen LogP contribution >= 0.6 is 0 Å². The van der Waals surface area contributed by atoms with Gasteiger partial charge in [-0.25, -0.2) is 13.1 Å². The molecule has 2 aromatic carbocycles. The molecule has 0 bridgehead atoms. The zero-order valence-electron chi connectivity index (χ0n) is 12.0. The maximum atomic E-state index is 12.1. The van der Waals surface area contributed by atoms with E-state index < -0.39 is 10.0 Å². The fraction of sp³-hybridized carbons (Fsp3) is 0.250. The Morgan fingerprint density at radius 2 is 1.67 bits per heavy atom. The van der Waals surface area contributed by atoms with Gasteiger partial charge in [0.25, 0.3) is 0 Å². The van der Waals surface area contributed by atoms with Crippen molar-refractivity contribution in [1.29, 1.82) is 0 Å². The number of nitrogens with one attached hydrogen (secondary N) is 1. The monoisotopic (exact) mass is 305 g/mol. The summed E-state index contributed by atoms with van der Waals surface area (Å²) in [5.74, 6) is 0.687. The lowest BCUT2D eigenvalue weighted by Crippen LogP contribution is -2.25. The Labute approximate surface area is 125 Å². The standard InChI is InChI=1S/C16H19NO3S/c1-2-20-16-11-7-6-10-15(16)12-17-21(18,19)13-14-8-4-3-5-9-14/h3-11,17H,2,12-13H2,1H3. The summed E-state index contributed by atoms with van der Waals surface area (Å²) in [7, 11) is -3.37. The number of sulfonamides is 1. The summed E-state index contributed by atoms with van der Waals surface area (Å²) in [4.78, 5) is 0. The molecule has 0 saturated heterocycles. The average molecular weight is 305 g/mol. The van der Waals surface area contributed by atoms with Gasteiger partial charge in [0.2, 0.25) is 10.0 Å². The highest BCUT2D eigenvalue weighted by atomic mass is 32.2. The molecule has 0 radical (unpaired) electrons. The first kappa shape index (κ1) is 15.5. The summed E-state index contributed by atoms with van der Waals surface area (Å²) in [5.41, 5.74) is 1.60. The van der Waals surface area contributed by atoms with Crippen LogP contribution in [-0.2, 0) is 22.3 Å². The van der Waals surface area contributed by atoms with E-state index in [9.17, 15) is 8.42 Å². The lowest BCUT2D eigenvalue weighted by atomic mass is 10.2. The van der Waals surface area contributed by atoms with Crippen LogP contribution in [0.1, 0.15) is 18.1 Å². The molecule has 21 heavy (non-hydrogen) atoms. The van der Waals surface area contributed by atoms with Crippen LogP contribution in [0.25, 0.3) is 0 Å². The highest BCUT2D eigenvalue weighted by Gasteiger charge is 2.12. The minimum atomic E-state index is -3.37. The molecule has 2 rings (SSSR count). The second kappa shape index (κ2) is 7.24. The number of para-hydroxylation sites is 1. The second-order valence-corrected chi connectivity index (χ2v) is 6.41. The van der Waals surface area contributed by atoms with Crippen molar-refractivity contribution in [2.24, 2.45) is 0 Å². The quantitative estimate of drug-likeness (QED) is 0.855. The van der Waals surface area contributed by atoms with Gasteiger partial charge >= 0.3 is 0 Å². The average Bonchev–Trinajstić information content (AvgIpc) is 2.47. The molecule has 0 heterocycles. The highest BCUT2D eigenvalue weighted by molar-refractivity contribution is 7.88. The molecule has 0 aliphatic rings. The van der Waals surface area contributed by atoms with Gasteiger partial charge in [-0.3, -0.25) is 0 Å². The molecule has 1 N–H and O–H groups in total. The summed E-state index contributed by atoms with van der Waals surface area (Å²) in [6.45, 7) is 2.68. The van der Waals surface area contributed by atoms with Gasteiger partial charge < -0.3 is 4.74 Å². The van der Waals surface area contributed by atoms with Gasteiger partial charge in [-0.15, -0.1) is 0 Å². The largest absolute Gasteiger partial charge is 0.494 e. The van der Waals surface area contributed by atoms with Gasteiger partial charge in [0.05, 0.1) is 12.4 Å². The van der Waals surface area contributed by atoms with Crippen LogP contribution in [-0.4, -0.2) is 15.0 Å². The minimum absolute atomic E-state index is 0.0232. The van der Waals surface area contributed by atoms with Crippen LogP contribution in [0.2, 0.25) is 0 Å². The molecule has 0 aliphatic carbocycles. The van der Waals surface area contributed by atoms with E-state index in [2.05, 4.69) is 4.72 Å². The fourth-order valence-corrected chi connectivity index (χ4v) is 3.09. The molecule has 0 spiro atoms. The first-order valence-corrected chi connectivity index (χ1v) is 8.48. The van der Waals surface area contributed by atoms with Crippen LogP contribution in [0, 0.1) is 0 Å². The van der Waals surface area contributed by atoms with Crippen LogP contribution in [0.3, 0.4) is 0 Å². The van der Waals surface area contributed by atoms with Crippen molar-refractivity contribution in [3.8, 4) is 5.75 Å². The molecule has 0 atom stereocenters. The van der Waals surface area contributed by atoms with E-state index in [-0.39, 0.29) is 12.3 Å². The first-order chi connectivity index (χ1) is 10.1. The zero-order valence-corrected chi connectivity index (χ0v) is 12.8. The summed E-state index contributed by atoms with van der Waals surface area (Å²) >= 11 is 0. The third-order valence-electron chi connectivity index (χ3n) is 2.95. The summed E-state index contributed by atoms with van der Waals surface area (Å²) in [5, 5.41) is 0. The number of rotatable bonds is 7. The number of hydrogen-bond acceptors (Lipinski definition) is 3. The fourth-order valence-electron chi connectivity index (χ4n) is 1.98. The van der Waals surface area contributed by atoms with E-state index in [1.165, 1.54) is 0 Å². The van der Waals surface area contributed by atoms with Crippen molar-refractivity contribution in [3.63, 3.8) is 0 Å². The van der Waals surface area contributed by atoms with Crippen molar-refractivity contribution >= 4 is 10.0 Å². The van der Waals surface area contributed by atoms with Crippen LogP contribution in [0.4, 0.5) is 0 Å². The lowest BCUT2D eigenvalue weighted by molar-refractivity contribution is 0.336. The normalized spacial score (nSPS) is 11.3. The molecule has 0 unspecified atom stereocenters. The Bertz CT molecular complexity index is 669. The minimum Gasteiger partial charge on any atom is -0.494 e. The third kappa shape index (κ3) is 4.88. The lowest BCUT2D eigenvalue weighted by Gasteiger charge is -2.11. The molecule has 4 nitrogen and oxygen atoms in total. The smallest absolute Gasteiger partial charge is 0.216 e. The molecule has 5 heteroatoms. The molecule has 2 aromatic rings. The molecular formula is C16H19NO3S. The molecule has 0 aromatic heterocycles. The zero-order chi connectivity index (χ0) is 15.1. The molecule has 0 aliphatic heterocycles. The second-order valence-electron chi connectivity index (χ2n) is 4.61. The van der Waals surface area contributed by atoms with Gasteiger partial charge in [0, 0.05) is 12.1 Å². The van der Waals surface area contributed by atoms with Crippen molar-refractivity contribution in [1.82, 2.24) is 4.72 Å². The van der Waals surface area contributed by atoms with Gasteiger partial charge in [-0.2, -0.15) is 0 Å². The molecule has 112 valence electrons. The van der Waals surface area contributed by atoms with Crippen LogP contribution < -0.4 is 9.46 Å². The van der Waals surface area contributed by atoms with Gasteiger partial charge in [0.15, 0.2) is 0 Å². The van der Waals surface area contributed by atoms with E-state index in [0.717, 1.165) is 11.1 Å². The van der Waals surface area contributed by atoms with Gasteiger partial charge in [-0.1, -0.05) is 48.5 Å². The summed E-state index contributed by atoms with van der Waals surface area (Å²) < 4.78 is 32.3. The number of benzene rings is 2. The highest BCUT2D eigenvalue weighted by Crippen LogP contribution is 2.18.